The van der Waals surface area contributed by atoms with Crippen molar-refractivity contribution in [1.29, 1.82) is 0 Å². The molecule has 2 N–H and O–H groups in total. The molecule has 0 aliphatic heterocycles. The highest BCUT2D eigenvalue weighted by molar-refractivity contribution is 5.92. The summed E-state index contributed by atoms with van der Waals surface area (Å²) in [5.41, 5.74) is 2.39. The van der Waals surface area contributed by atoms with Gasteiger partial charge in [0.25, 0.3) is 0 Å². The second-order valence-corrected chi connectivity index (χ2v) is 6.45. The predicted molar refractivity (Wildman–Crippen MR) is 111 cm³/mol. The molecule has 5 nitrogen and oxygen atoms in total. The van der Waals surface area contributed by atoms with Gasteiger partial charge in [-0.15, -0.1) is 0 Å². The molecule has 7 heteroatoms. The first-order chi connectivity index (χ1) is 14.5. The fourth-order valence-corrected chi connectivity index (χ4v) is 3.02. The largest absolute Gasteiger partial charge is 0.497 e. The van der Waals surface area contributed by atoms with Crippen LogP contribution in [-0.4, -0.2) is 26.2 Å². The topological polar surface area (TPSA) is 59.6 Å². The summed E-state index contributed by atoms with van der Waals surface area (Å²) in [6.07, 6.45) is 0. The Morgan fingerprint density at radius 3 is 2.27 bits per heavy atom. The minimum absolute atomic E-state index is 0.0477. The van der Waals surface area contributed by atoms with Gasteiger partial charge in [-0.2, -0.15) is 8.78 Å². The first-order valence-corrected chi connectivity index (χ1v) is 9.32. The fourth-order valence-electron chi connectivity index (χ4n) is 3.02. The molecule has 30 heavy (non-hydrogen) atoms. The van der Waals surface area contributed by atoms with Crippen molar-refractivity contribution in [2.45, 2.75) is 12.7 Å². The summed E-state index contributed by atoms with van der Waals surface area (Å²) in [4.78, 5) is 12.4. The minimum atomic E-state index is -2.88. The molecule has 0 saturated heterocycles. The van der Waals surface area contributed by atoms with Crippen LogP contribution in [0.25, 0.3) is 0 Å². The molecule has 0 heterocycles. The second-order valence-electron chi connectivity index (χ2n) is 6.45. The number of hydrogen-bond acceptors (Lipinski definition) is 4. The number of rotatable bonds is 9. The summed E-state index contributed by atoms with van der Waals surface area (Å²) in [7, 11) is 1.56. The average molecular weight is 412 g/mol. The molecule has 0 aliphatic rings. The quantitative estimate of drug-likeness (QED) is 0.539. The highest BCUT2D eigenvalue weighted by Gasteiger charge is 2.16. The minimum Gasteiger partial charge on any atom is -0.497 e. The molecule has 0 radical (unpaired) electrons. The number of carbonyl (C=O) groups excluding carboxylic acids is 1. The van der Waals surface area contributed by atoms with Gasteiger partial charge in [-0.3, -0.25) is 10.1 Å². The zero-order valence-corrected chi connectivity index (χ0v) is 16.3. The van der Waals surface area contributed by atoms with Crippen molar-refractivity contribution < 1.29 is 23.0 Å². The van der Waals surface area contributed by atoms with Crippen LogP contribution in [-0.2, 0) is 4.79 Å². The van der Waals surface area contributed by atoms with Gasteiger partial charge < -0.3 is 14.8 Å². The number of carbonyl (C=O) groups is 1. The van der Waals surface area contributed by atoms with Gasteiger partial charge in [-0.25, -0.2) is 0 Å². The van der Waals surface area contributed by atoms with E-state index in [1.54, 1.807) is 43.5 Å². The van der Waals surface area contributed by atoms with Crippen molar-refractivity contribution in [2.24, 2.45) is 0 Å². The van der Waals surface area contributed by atoms with E-state index in [9.17, 15) is 13.6 Å². The Labute approximate surface area is 173 Å². The first-order valence-electron chi connectivity index (χ1n) is 9.32. The maximum Gasteiger partial charge on any atom is 0.387 e. The van der Waals surface area contributed by atoms with Crippen LogP contribution in [0.1, 0.15) is 17.2 Å². The van der Waals surface area contributed by atoms with Gasteiger partial charge in [0.05, 0.1) is 19.7 Å². The monoisotopic (exact) mass is 412 g/mol. The van der Waals surface area contributed by atoms with Gasteiger partial charge in [0.2, 0.25) is 5.91 Å². The molecule has 3 aromatic rings. The normalized spacial score (nSPS) is 11.7. The Hall–Kier alpha value is -3.45. The Morgan fingerprint density at radius 2 is 1.60 bits per heavy atom. The molecule has 0 spiro atoms. The summed E-state index contributed by atoms with van der Waals surface area (Å²) in [5, 5.41) is 6.05. The van der Waals surface area contributed by atoms with Gasteiger partial charge in [-0.05, 0) is 35.4 Å². The Morgan fingerprint density at radius 1 is 0.900 bits per heavy atom. The number of alkyl halides is 2. The van der Waals surface area contributed by atoms with Crippen LogP contribution in [0.2, 0.25) is 0 Å². The van der Waals surface area contributed by atoms with Crippen LogP contribution in [0.3, 0.4) is 0 Å². The van der Waals surface area contributed by atoms with Crippen molar-refractivity contribution in [3.8, 4) is 11.5 Å². The van der Waals surface area contributed by atoms with Gasteiger partial charge >= 0.3 is 6.61 Å². The third-order valence-corrected chi connectivity index (χ3v) is 4.39. The predicted octanol–water partition coefficient (Wildman–Crippen LogP) is 4.61. The summed E-state index contributed by atoms with van der Waals surface area (Å²) in [6.45, 7) is -2.83. The second kappa shape index (κ2) is 10.4. The molecule has 0 aromatic heterocycles. The van der Waals surface area contributed by atoms with Crippen molar-refractivity contribution in [2.75, 3.05) is 19.0 Å². The van der Waals surface area contributed by atoms with Gasteiger partial charge in [0, 0.05) is 11.8 Å². The molecule has 3 aromatic carbocycles. The van der Waals surface area contributed by atoms with Crippen molar-refractivity contribution >= 4 is 11.6 Å². The standard InChI is InChI=1S/C23H22F2N2O3/c1-29-20-9-5-8-18(14-20)27-21(28)15-26-22(16-6-3-2-4-7-16)17-10-12-19(13-11-17)30-23(24)25/h2-14,22-23,26H,15H2,1H3,(H,27,28)/t22-/m0/s1. The number of ether oxygens (including phenoxy) is 2. The van der Waals surface area contributed by atoms with Gasteiger partial charge in [0.1, 0.15) is 11.5 Å². The Kier molecular flexibility index (Phi) is 7.34. The summed E-state index contributed by atoms with van der Waals surface area (Å²) in [5.74, 6) is 0.507. The van der Waals surface area contributed by atoms with E-state index in [0.29, 0.717) is 11.4 Å². The molecular weight excluding hydrogens is 390 g/mol. The van der Waals surface area contributed by atoms with Crippen LogP contribution < -0.4 is 20.1 Å². The van der Waals surface area contributed by atoms with E-state index >= 15 is 0 Å². The lowest BCUT2D eigenvalue weighted by Crippen LogP contribution is -2.31. The molecular formula is C23H22F2N2O3. The van der Waals surface area contributed by atoms with Crippen molar-refractivity contribution in [3.05, 3.63) is 90.0 Å². The molecule has 0 fully saturated rings. The van der Waals surface area contributed by atoms with E-state index in [2.05, 4.69) is 15.4 Å². The number of anilines is 1. The van der Waals surface area contributed by atoms with Crippen molar-refractivity contribution in [1.82, 2.24) is 5.32 Å². The lowest BCUT2D eigenvalue weighted by molar-refractivity contribution is -0.115. The number of amides is 1. The molecule has 0 saturated carbocycles. The molecule has 1 amide bonds. The number of benzene rings is 3. The number of methoxy groups -OCH3 is 1. The molecule has 0 bridgehead atoms. The molecule has 156 valence electrons. The zero-order valence-electron chi connectivity index (χ0n) is 16.3. The molecule has 1 atom stereocenters. The van der Waals surface area contributed by atoms with E-state index in [0.717, 1.165) is 11.1 Å². The van der Waals surface area contributed by atoms with E-state index in [1.807, 2.05) is 30.3 Å². The number of halogens is 2. The smallest absolute Gasteiger partial charge is 0.387 e. The van der Waals surface area contributed by atoms with Crippen molar-refractivity contribution in [3.63, 3.8) is 0 Å². The number of hydrogen-bond donors (Lipinski definition) is 2. The third-order valence-electron chi connectivity index (χ3n) is 4.39. The fraction of sp³-hybridized carbons (Fsp3) is 0.174. The molecule has 0 unspecified atom stereocenters. The van der Waals surface area contributed by atoms with Crippen LogP contribution in [0, 0.1) is 0 Å². The third kappa shape index (κ3) is 6.02. The molecule has 0 aliphatic carbocycles. The number of nitrogens with one attached hydrogen (secondary N) is 2. The van der Waals surface area contributed by atoms with E-state index in [1.165, 1.54) is 12.1 Å². The molecule has 3 rings (SSSR count). The first kappa shape index (κ1) is 21.3. The Balaban J connectivity index is 1.71. The van der Waals surface area contributed by atoms with E-state index in [-0.39, 0.29) is 24.2 Å². The average Bonchev–Trinajstić information content (AvgIpc) is 2.75. The summed E-state index contributed by atoms with van der Waals surface area (Å²) in [6, 6.07) is 22.7. The highest BCUT2D eigenvalue weighted by atomic mass is 19.3. The maximum absolute atomic E-state index is 12.4. The van der Waals surface area contributed by atoms with Gasteiger partial charge in [-0.1, -0.05) is 48.5 Å². The zero-order chi connectivity index (χ0) is 21.3. The lowest BCUT2D eigenvalue weighted by Gasteiger charge is -2.20. The SMILES string of the molecule is COc1cccc(NC(=O)CN[C@@H](c2ccccc2)c2ccc(OC(F)F)cc2)c1. The van der Waals surface area contributed by atoms with E-state index < -0.39 is 6.61 Å². The van der Waals surface area contributed by atoms with Crippen LogP contribution >= 0.6 is 0 Å². The summed E-state index contributed by atoms with van der Waals surface area (Å²) < 4.78 is 34.4. The van der Waals surface area contributed by atoms with Crippen LogP contribution in [0.15, 0.2) is 78.9 Å². The maximum atomic E-state index is 12.4. The van der Waals surface area contributed by atoms with Crippen LogP contribution in [0.5, 0.6) is 11.5 Å². The Bertz CT molecular complexity index is 950. The van der Waals surface area contributed by atoms with E-state index in [4.69, 9.17) is 4.74 Å². The van der Waals surface area contributed by atoms with Crippen LogP contribution in [0.4, 0.5) is 14.5 Å². The summed E-state index contributed by atoms with van der Waals surface area (Å²) >= 11 is 0. The highest BCUT2D eigenvalue weighted by Crippen LogP contribution is 2.25. The van der Waals surface area contributed by atoms with Gasteiger partial charge in [0.15, 0.2) is 0 Å². The lowest BCUT2D eigenvalue weighted by atomic mass is 9.98.